The zero-order valence-electron chi connectivity index (χ0n) is 19.0. The highest BCUT2D eigenvalue weighted by molar-refractivity contribution is 8.00. The summed E-state index contributed by atoms with van der Waals surface area (Å²) >= 11 is 1.46. The van der Waals surface area contributed by atoms with E-state index in [0.29, 0.717) is 41.5 Å². The van der Waals surface area contributed by atoms with E-state index in [1.54, 1.807) is 31.4 Å². The first kappa shape index (κ1) is 24.2. The Balaban J connectivity index is 1.66. The fourth-order valence-corrected chi connectivity index (χ4v) is 4.16. The van der Waals surface area contributed by atoms with Gasteiger partial charge in [-0.25, -0.2) is 0 Å². The van der Waals surface area contributed by atoms with Crippen LogP contribution in [0.25, 0.3) is 0 Å². The van der Waals surface area contributed by atoms with Crippen LogP contribution in [0.15, 0.2) is 77.7 Å². The number of rotatable bonds is 10. The largest absolute Gasteiger partial charge is 0.497 e. The molecule has 172 valence electrons. The van der Waals surface area contributed by atoms with E-state index in [1.165, 1.54) is 11.8 Å². The minimum Gasteiger partial charge on any atom is -0.497 e. The number of carbonyl (C=O) groups is 2. The topological polar surface area (TPSA) is 76.7 Å². The molecule has 1 unspecified atom stereocenters. The molecule has 7 heteroatoms. The number of methoxy groups -OCH3 is 1. The summed E-state index contributed by atoms with van der Waals surface area (Å²) in [6, 6.07) is 21.8. The Morgan fingerprint density at radius 3 is 2.39 bits per heavy atom. The molecule has 0 aliphatic heterocycles. The van der Waals surface area contributed by atoms with E-state index in [-0.39, 0.29) is 17.1 Å². The van der Waals surface area contributed by atoms with Crippen LogP contribution in [0.3, 0.4) is 0 Å². The highest BCUT2D eigenvalue weighted by Crippen LogP contribution is 2.30. The molecule has 1 atom stereocenters. The number of para-hydroxylation sites is 2. The zero-order valence-corrected chi connectivity index (χ0v) is 19.8. The van der Waals surface area contributed by atoms with E-state index < -0.39 is 0 Å². The van der Waals surface area contributed by atoms with Crippen molar-refractivity contribution in [3.8, 4) is 11.5 Å². The molecule has 2 amide bonds. The summed E-state index contributed by atoms with van der Waals surface area (Å²) in [5.41, 5.74) is 1.86. The molecular weight excluding hydrogens is 436 g/mol. The molecule has 0 saturated carbocycles. The molecule has 3 rings (SSSR count). The van der Waals surface area contributed by atoms with E-state index in [9.17, 15) is 9.59 Å². The van der Waals surface area contributed by atoms with Gasteiger partial charge in [0.15, 0.2) is 0 Å². The van der Waals surface area contributed by atoms with E-state index in [4.69, 9.17) is 9.47 Å². The van der Waals surface area contributed by atoms with Gasteiger partial charge in [0.2, 0.25) is 5.91 Å². The normalized spacial score (nSPS) is 11.4. The summed E-state index contributed by atoms with van der Waals surface area (Å²) in [4.78, 5) is 26.4. The fraction of sp³-hybridized carbons (Fsp3) is 0.231. The fourth-order valence-electron chi connectivity index (χ4n) is 3.14. The van der Waals surface area contributed by atoms with Crippen LogP contribution >= 0.6 is 11.8 Å². The van der Waals surface area contributed by atoms with Gasteiger partial charge in [-0.1, -0.05) is 25.1 Å². The molecule has 0 fully saturated rings. The van der Waals surface area contributed by atoms with Crippen molar-refractivity contribution in [3.63, 3.8) is 0 Å². The molecule has 0 heterocycles. The quantitative estimate of drug-likeness (QED) is 0.368. The molecule has 0 saturated heterocycles. The van der Waals surface area contributed by atoms with Gasteiger partial charge in [0.25, 0.3) is 5.91 Å². The summed E-state index contributed by atoms with van der Waals surface area (Å²) in [7, 11) is 1.58. The molecule has 3 aromatic rings. The molecule has 3 aromatic carbocycles. The van der Waals surface area contributed by atoms with Crippen LogP contribution in [0, 0.1) is 0 Å². The average Bonchev–Trinajstić information content (AvgIpc) is 2.84. The molecule has 0 aliphatic carbocycles. The first-order chi connectivity index (χ1) is 16.0. The zero-order chi connectivity index (χ0) is 23.6. The SMILES string of the molecule is CCOc1ccccc1NC(=O)C(CC)Sc1cccc(NC(=O)c2ccc(OC)cc2)c1. The number of carbonyl (C=O) groups excluding carboxylic acids is 2. The molecule has 2 N–H and O–H groups in total. The van der Waals surface area contributed by atoms with E-state index in [2.05, 4.69) is 10.6 Å². The molecule has 0 spiro atoms. The third-order valence-corrected chi connectivity index (χ3v) is 6.19. The highest BCUT2D eigenvalue weighted by Gasteiger charge is 2.20. The van der Waals surface area contributed by atoms with E-state index in [1.807, 2.05) is 62.4 Å². The van der Waals surface area contributed by atoms with Gasteiger partial charge in [-0.15, -0.1) is 11.8 Å². The Labute approximate surface area is 198 Å². The maximum absolute atomic E-state index is 12.9. The summed E-state index contributed by atoms with van der Waals surface area (Å²) < 4.78 is 10.7. The molecule has 0 aliphatic rings. The Morgan fingerprint density at radius 1 is 0.939 bits per heavy atom. The van der Waals surface area contributed by atoms with Crippen molar-refractivity contribution in [1.82, 2.24) is 0 Å². The van der Waals surface area contributed by atoms with Crippen LogP contribution in [0.5, 0.6) is 11.5 Å². The van der Waals surface area contributed by atoms with Crippen LogP contribution in [-0.2, 0) is 4.79 Å². The third-order valence-electron chi connectivity index (χ3n) is 4.83. The summed E-state index contributed by atoms with van der Waals surface area (Å²) in [6.07, 6.45) is 0.649. The predicted octanol–water partition coefficient (Wildman–Crippen LogP) is 5.86. The van der Waals surface area contributed by atoms with Crippen molar-refractivity contribution >= 4 is 35.0 Å². The molecular formula is C26H28N2O4S. The van der Waals surface area contributed by atoms with Crippen molar-refractivity contribution in [1.29, 1.82) is 0 Å². The molecule has 0 radical (unpaired) electrons. The number of anilines is 2. The predicted molar refractivity (Wildman–Crippen MR) is 134 cm³/mol. The number of hydrogen-bond acceptors (Lipinski definition) is 5. The number of benzene rings is 3. The van der Waals surface area contributed by atoms with Crippen molar-refractivity contribution in [2.75, 3.05) is 24.4 Å². The molecule has 0 bridgehead atoms. The standard InChI is InChI=1S/C26H28N2O4S/c1-4-24(26(30)28-22-11-6-7-12-23(22)32-5-2)33-21-10-8-9-19(17-21)27-25(29)18-13-15-20(31-3)16-14-18/h6-17,24H,4-5H2,1-3H3,(H,27,29)(H,28,30). The molecule has 6 nitrogen and oxygen atoms in total. The maximum Gasteiger partial charge on any atom is 0.255 e. The van der Waals surface area contributed by atoms with Gasteiger partial charge in [-0.3, -0.25) is 9.59 Å². The minimum atomic E-state index is -0.299. The van der Waals surface area contributed by atoms with Gasteiger partial charge in [-0.2, -0.15) is 0 Å². The van der Waals surface area contributed by atoms with Gasteiger partial charge in [0, 0.05) is 16.1 Å². The number of nitrogens with one attached hydrogen (secondary N) is 2. The van der Waals surface area contributed by atoms with Crippen molar-refractivity contribution in [3.05, 3.63) is 78.4 Å². The van der Waals surface area contributed by atoms with Gasteiger partial charge < -0.3 is 20.1 Å². The van der Waals surface area contributed by atoms with Crippen LogP contribution in [0.2, 0.25) is 0 Å². The van der Waals surface area contributed by atoms with E-state index >= 15 is 0 Å². The van der Waals surface area contributed by atoms with Gasteiger partial charge in [-0.05, 0) is 67.9 Å². The minimum absolute atomic E-state index is 0.0951. The van der Waals surface area contributed by atoms with Crippen LogP contribution < -0.4 is 20.1 Å². The summed E-state index contributed by atoms with van der Waals surface area (Å²) in [6.45, 7) is 4.40. The van der Waals surface area contributed by atoms with E-state index in [0.717, 1.165) is 4.90 Å². The first-order valence-corrected chi connectivity index (χ1v) is 11.7. The average molecular weight is 465 g/mol. The second kappa shape index (κ2) is 12.0. The second-order valence-electron chi connectivity index (χ2n) is 7.14. The Hall–Kier alpha value is -3.45. The number of hydrogen-bond donors (Lipinski definition) is 2. The Kier molecular flexibility index (Phi) is 8.78. The van der Waals surface area contributed by atoms with Crippen LogP contribution in [-0.4, -0.2) is 30.8 Å². The first-order valence-electron chi connectivity index (χ1n) is 10.8. The van der Waals surface area contributed by atoms with Gasteiger partial charge in [0.05, 0.1) is 24.7 Å². The van der Waals surface area contributed by atoms with Crippen molar-refractivity contribution in [2.24, 2.45) is 0 Å². The van der Waals surface area contributed by atoms with Gasteiger partial charge >= 0.3 is 0 Å². The van der Waals surface area contributed by atoms with Crippen LogP contribution in [0.4, 0.5) is 11.4 Å². The Morgan fingerprint density at radius 2 is 1.70 bits per heavy atom. The Bertz CT molecular complexity index is 1090. The van der Waals surface area contributed by atoms with Crippen molar-refractivity contribution in [2.45, 2.75) is 30.4 Å². The lowest BCUT2D eigenvalue weighted by Gasteiger charge is -2.17. The monoisotopic (exact) mass is 464 g/mol. The maximum atomic E-state index is 12.9. The smallest absolute Gasteiger partial charge is 0.255 e. The third kappa shape index (κ3) is 6.76. The number of amides is 2. The second-order valence-corrected chi connectivity index (χ2v) is 8.42. The lowest BCUT2D eigenvalue weighted by atomic mass is 10.2. The summed E-state index contributed by atoms with van der Waals surface area (Å²) in [5, 5.41) is 5.59. The van der Waals surface area contributed by atoms with Gasteiger partial charge in [0.1, 0.15) is 11.5 Å². The number of ether oxygens (including phenoxy) is 2. The highest BCUT2D eigenvalue weighted by atomic mass is 32.2. The number of thioether (sulfide) groups is 1. The molecule has 0 aromatic heterocycles. The lowest BCUT2D eigenvalue weighted by Crippen LogP contribution is -2.24. The lowest BCUT2D eigenvalue weighted by molar-refractivity contribution is -0.115. The summed E-state index contributed by atoms with van der Waals surface area (Å²) in [5.74, 6) is 1.04. The van der Waals surface area contributed by atoms with Crippen LogP contribution in [0.1, 0.15) is 30.6 Å². The van der Waals surface area contributed by atoms with Crippen molar-refractivity contribution < 1.29 is 19.1 Å². The molecule has 33 heavy (non-hydrogen) atoms.